The van der Waals surface area contributed by atoms with Gasteiger partial charge in [0.05, 0.1) is 25.8 Å². The molecule has 35 heavy (non-hydrogen) atoms. The molecule has 0 fully saturated rings. The van der Waals surface area contributed by atoms with Gasteiger partial charge >= 0.3 is 0 Å². The van der Waals surface area contributed by atoms with Crippen molar-refractivity contribution < 1.29 is 28.2 Å². The van der Waals surface area contributed by atoms with Crippen molar-refractivity contribution in [3.8, 4) is 17.2 Å². The maximum atomic E-state index is 13.6. The van der Waals surface area contributed by atoms with Crippen molar-refractivity contribution in [3.63, 3.8) is 0 Å². The predicted octanol–water partition coefficient (Wildman–Crippen LogP) is 5.25. The van der Waals surface area contributed by atoms with Crippen molar-refractivity contribution in [2.45, 2.75) is 12.6 Å². The van der Waals surface area contributed by atoms with E-state index in [4.69, 9.17) is 37.4 Å². The van der Waals surface area contributed by atoms with Crippen LogP contribution >= 0.6 is 23.2 Å². The number of rotatable bonds is 6. The first-order chi connectivity index (χ1) is 16.8. The lowest BCUT2D eigenvalue weighted by molar-refractivity contribution is -0.140. The van der Waals surface area contributed by atoms with Gasteiger partial charge in [-0.2, -0.15) is 0 Å². The van der Waals surface area contributed by atoms with Gasteiger partial charge in [0, 0.05) is 22.9 Å². The molecule has 0 saturated heterocycles. The van der Waals surface area contributed by atoms with Gasteiger partial charge in [0.1, 0.15) is 34.1 Å². The number of halogens is 3. The van der Waals surface area contributed by atoms with E-state index >= 15 is 0 Å². The smallest absolute Gasteiger partial charge is 0.261 e. The van der Waals surface area contributed by atoms with Gasteiger partial charge < -0.3 is 24.4 Å². The number of ether oxygens (including phenoxy) is 3. The number of fused-ring (bicyclic) bond motifs is 1. The minimum Gasteiger partial charge on any atom is -0.497 e. The highest BCUT2D eigenvalue weighted by Crippen LogP contribution is 2.42. The van der Waals surface area contributed by atoms with Gasteiger partial charge in [-0.05, 0) is 42.5 Å². The molecule has 182 valence electrons. The molecule has 3 aromatic carbocycles. The molecule has 1 unspecified atom stereocenters. The number of benzene rings is 3. The van der Waals surface area contributed by atoms with Crippen LogP contribution in [0.15, 0.2) is 54.6 Å². The van der Waals surface area contributed by atoms with Gasteiger partial charge in [0.2, 0.25) is 0 Å². The van der Waals surface area contributed by atoms with E-state index in [1.807, 2.05) is 0 Å². The molecule has 1 aliphatic heterocycles. The van der Waals surface area contributed by atoms with E-state index in [1.165, 1.54) is 49.5 Å². The third-order valence-corrected chi connectivity index (χ3v) is 6.33. The number of carbonyl (C=O) groups is 2. The predicted molar refractivity (Wildman–Crippen MR) is 130 cm³/mol. The van der Waals surface area contributed by atoms with E-state index in [0.717, 1.165) is 0 Å². The van der Waals surface area contributed by atoms with Gasteiger partial charge in [-0.1, -0.05) is 29.3 Å². The lowest BCUT2D eigenvalue weighted by atomic mass is 10.0. The minimum absolute atomic E-state index is 0.0244. The summed E-state index contributed by atoms with van der Waals surface area (Å²) in [5.74, 6) is -0.229. The Morgan fingerprint density at radius 3 is 2.54 bits per heavy atom. The van der Waals surface area contributed by atoms with Crippen LogP contribution in [0.4, 0.5) is 10.1 Å². The first-order valence-corrected chi connectivity index (χ1v) is 11.3. The highest BCUT2D eigenvalue weighted by atomic mass is 35.5. The number of nitrogens with one attached hydrogen (secondary N) is 1. The van der Waals surface area contributed by atoms with Crippen molar-refractivity contribution >= 4 is 40.7 Å². The maximum Gasteiger partial charge on any atom is 0.261 e. The lowest BCUT2D eigenvalue weighted by Gasteiger charge is -2.30. The van der Waals surface area contributed by atoms with Gasteiger partial charge in [-0.15, -0.1) is 0 Å². The quantitative estimate of drug-likeness (QED) is 0.482. The molecule has 10 heteroatoms. The summed E-state index contributed by atoms with van der Waals surface area (Å²) in [5.41, 5.74) is 1.36. The summed E-state index contributed by atoms with van der Waals surface area (Å²) in [5, 5.41) is 3.06. The molecule has 2 amide bonds. The first kappa shape index (κ1) is 24.6. The largest absolute Gasteiger partial charge is 0.497 e. The lowest BCUT2D eigenvalue weighted by Crippen LogP contribution is -2.41. The van der Waals surface area contributed by atoms with Crippen LogP contribution < -0.4 is 19.5 Å². The number of hydrogen-bond donors (Lipinski definition) is 1. The highest BCUT2D eigenvalue weighted by Gasteiger charge is 2.38. The standard InChI is InChI=1S/C25H21Cl2FN2O5/c1-33-17-8-3-14(20(11-17)34-2)12-30-21(31)13-35-24-18(9-10-19(26)22(24)27)23(30)25(32)29-16-6-4-15(28)5-7-16/h3-11,23H,12-13H2,1-2H3,(H,29,32). The summed E-state index contributed by atoms with van der Waals surface area (Å²) >= 11 is 12.5. The molecule has 1 heterocycles. The molecule has 1 N–H and O–H groups in total. The van der Waals surface area contributed by atoms with Gasteiger partial charge in [0.15, 0.2) is 6.61 Å². The van der Waals surface area contributed by atoms with Crippen molar-refractivity contribution in [1.29, 1.82) is 0 Å². The van der Waals surface area contributed by atoms with E-state index in [2.05, 4.69) is 5.32 Å². The van der Waals surface area contributed by atoms with Crippen LogP contribution in [0, 0.1) is 5.82 Å². The number of anilines is 1. The highest BCUT2D eigenvalue weighted by molar-refractivity contribution is 6.43. The Kier molecular flexibility index (Phi) is 7.33. The molecule has 4 rings (SSSR count). The maximum absolute atomic E-state index is 13.6. The molecule has 3 aromatic rings. The molecule has 1 aliphatic rings. The summed E-state index contributed by atoms with van der Waals surface area (Å²) < 4.78 is 29.8. The number of carbonyl (C=O) groups excluding carboxylic acids is 2. The number of amides is 2. The molecular formula is C25H21Cl2FN2O5. The van der Waals surface area contributed by atoms with Crippen molar-refractivity contribution in [2.24, 2.45) is 0 Å². The molecule has 1 atom stereocenters. The molecule has 0 aromatic heterocycles. The Labute approximate surface area is 211 Å². The second kappa shape index (κ2) is 10.4. The normalized spacial score (nSPS) is 15.1. The zero-order valence-corrected chi connectivity index (χ0v) is 20.3. The molecular weight excluding hydrogens is 498 g/mol. The Balaban J connectivity index is 1.79. The number of methoxy groups -OCH3 is 2. The molecule has 0 bridgehead atoms. The number of hydrogen-bond acceptors (Lipinski definition) is 5. The molecule has 0 radical (unpaired) electrons. The zero-order chi connectivity index (χ0) is 25.1. The fourth-order valence-corrected chi connectivity index (χ4v) is 4.19. The van der Waals surface area contributed by atoms with Crippen LogP contribution in [0.25, 0.3) is 0 Å². The van der Waals surface area contributed by atoms with Crippen LogP contribution in [-0.2, 0) is 16.1 Å². The fourth-order valence-electron chi connectivity index (χ4n) is 3.81. The third kappa shape index (κ3) is 5.13. The SMILES string of the molecule is COc1ccc(CN2C(=O)COc3c(ccc(Cl)c3Cl)C2C(=O)Nc2ccc(F)cc2)c(OC)c1. The van der Waals surface area contributed by atoms with Gasteiger partial charge in [-0.3, -0.25) is 9.59 Å². The Hall–Kier alpha value is -3.49. The third-order valence-electron chi connectivity index (χ3n) is 5.54. The van der Waals surface area contributed by atoms with E-state index in [-0.39, 0.29) is 28.9 Å². The van der Waals surface area contributed by atoms with Gasteiger partial charge in [-0.25, -0.2) is 4.39 Å². The summed E-state index contributed by atoms with van der Waals surface area (Å²) in [4.78, 5) is 28.2. The van der Waals surface area contributed by atoms with Crippen molar-refractivity contribution in [3.05, 3.63) is 81.6 Å². The summed E-state index contributed by atoms with van der Waals surface area (Å²) in [6, 6.07) is 12.5. The van der Waals surface area contributed by atoms with Crippen molar-refractivity contribution in [2.75, 3.05) is 26.1 Å². The van der Waals surface area contributed by atoms with Crippen LogP contribution in [-0.4, -0.2) is 37.5 Å². The molecule has 7 nitrogen and oxygen atoms in total. The summed E-state index contributed by atoms with van der Waals surface area (Å²) in [7, 11) is 3.03. The van der Waals surface area contributed by atoms with Crippen LogP contribution in [0.2, 0.25) is 10.0 Å². The second-order valence-electron chi connectivity index (χ2n) is 7.67. The Morgan fingerprint density at radius 2 is 1.86 bits per heavy atom. The van der Waals surface area contributed by atoms with Crippen LogP contribution in [0.5, 0.6) is 17.2 Å². The van der Waals surface area contributed by atoms with E-state index in [0.29, 0.717) is 28.3 Å². The fraction of sp³-hybridized carbons (Fsp3) is 0.200. The van der Waals surface area contributed by atoms with E-state index in [1.54, 1.807) is 24.3 Å². The monoisotopic (exact) mass is 518 g/mol. The van der Waals surface area contributed by atoms with Crippen molar-refractivity contribution in [1.82, 2.24) is 4.90 Å². The van der Waals surface area contributed by atoms with Gasteiger partial charge in [0.25, 0.3) is 11.8 Å². The number of nitrogens with zero attached hydrogens (tertiary/aromatic N) is 1. The average Bonchev–Trinajstić information content (AvgIpc) is 3.00. The summed E-state index contributed by atoms with van der Waals surface area (Å²) in [6.07, 6.45) is 0. The van der Waals surface area contributed by atoms with Crippen LogP contribution in [0.3, 0.4) is 0 Å². The Morgan fingerprint density at radius 1 is 1.11 bits per heavy atom. The second-order valence-corrected chi connectivity index (χ2v) is 8.45. The van der Waals surface area contributed by atoms with E-state index < -0.39 is 23.7 Å². The minimum atomic E-state index is -1.13. The van der Waals surface area contributed by atoms with Crippen LogP contribution in [0.1, 0.15) is 17.2 Å². The summed E-state index contributed by atoms with van der Waals surface area (Å²) in [6.45, 7) is -0.331. The zero-order valence-electron chi connectivity index (χ0n) is 18.8. The Bertz CT molecular complexity index is 1270. The molecule has 0 aliphatic carbocycles. The average molecular weight is 519 g/mol. The first-order valence-electron chi connectivity index (χ1n) is 10.5. The molecule has 0 saturated carbocycles. The molecule has 0 spiro atoms. The topological polar surface area (TPSA) is 77.1 Å². The van der Waals surface area contributed by atoms with E-state index in [9.17, 15) is 14.0 Å².